The third-order valence-corrected chi connectivity index (χ3v) is 8.38. The van der Waals surface area contributed by atoms with Crippen LogP contribution in [0.3, 0.4) is 0 Å². The number of hydrogen-bond acceptors (Lipinski definition) is 6. The lowest BCUT2D eigenvalue weighted by Crippen LogP contribution is -2.61. The quantitative estimate of drug-likeness (QED) is 0.242. The van der Waals surface area contributed by atoms with Crippen molar-refractivity contribution in [1.29, 1.82) is 0 Å². The van der Waals surface area contributed by atoms with Gasteiger partial charge in [-0.3, -0.25) is 19.2 Å². The lowest BCUT2D eigenvalue weighted by molar-refractivity contribution is -0.145. The Bertz CT molecular complexity index is 969. The Kier molecular flexibility index (Phi) is 8.05. The molecule has 0 aromatic carbocycles. The van der Waals surface area contributed by atoms with E-state index in [1.807, 2.05) is 13.8 Å². The van der Waals surface area contributed by atoms with Crippen LogP contribution in [0.2, 0.25) is 0 Å². The van der Waals surface area contributed by atoms with Crippen LogP contribution >= 0.6 is 0 Å². The highest BCUT2D eigenvalue weighted by molar-refractivity contribution is 6.37. The normalized spacial score (nSPS) is 26.5. The van der Waals surface area contributed by atoms with Crippen LogP contribution in [0.4, 0.5) is 4.79 Å². The molecule has 5 unspecified atom stereocenters. The van der Waals surface area contributed by atoms with Gasteiger partial charge in [-0.05, 0) is 41.9 Å². The number of carbonyl (C=O) groups excluding carboxylic acids is 6. The lowest BCUT2D eigenvalue weighted by Gasteiger charge is -2.38. The van der Waals surface area contributed by atoms with E-state index in [1.54, 1.807) is 20.8 Å². The summed E-state index contributed by atoms with van der Waals surface area (Å²) >= 11 is 0. The number of primary amides is 1. The fraction of sp³-hybridized carbons (Fsp3) is 0.769. The van der Waals surface area contributed by atoms with E-state index in [-0.39, 0.29) is 23.2 Å². The number of nitrogens with two attached hydrogens (primary N) is 1. The molecule has 6 atom stereocenters. The summed E-state index contributed by atoms with van der Waals surface area (Å²) in [6.45, 7) is 11.3. The number of fused-ring (bicyclic) bond motifs is 1. The fourth-order valence-electron chi connectivity index (χ4n) is 5.76. The SMILES string of the molecule is CC(C=O)NC(=O)NC(C(=O)N1C[C@H]2C(C1C(=O)NC(CC1CCC1)C(=O)C(N)=O)C2(C)C)C(C)(C)C. The molecule has 1 aliphatic heterocycles. The zero-order chi connectivity index (χ0) is 27.9. The van der Waals surface area contributed by atoms with Crippen molar-refractivity contribution >= 4 is 35.8 Å². The van der Waals surface area contributed by atoms with Gasteiger partial charge in [-0.15, -0.1) is 0 Å². The van der Waals surface area contributed by atoms with Crippen LogP contribution in [0.25, 0.3) is 0 Å². The second kappa shape index (κ2) is 10.4. The van der Waals surface area contributed by atoms with Gasteiger partial charge in [0.1, 0.15) is 18.4 Å². The van der Waals surface area contributed by atoms with Crippen molar-refractivity contribution < 1.29 is 28.8 Å². The van der Waals surface area contributed by atoms with Gasteiger partial charge in [-0.2, -0.15) is 0 Å². The standard InChI is InChI=1S/C26H41N5O6/c1-13(12-32)28-24(37)30-20(25(2,3)4)23(36)31-11-15-17(26(15,5)6)18(31)22(35)29-16(19(33)21(27)34)10-14-8-7-9-14/h12-18,20H,7-11H2,1-6H3,(H2,27,34)(H,29,35)(H2,28,30,37)/t13?,15-,16?,17?,18?,20?/m0/s1. The van der Waals surface area contributed by atoms with Crippen LogP contribution in [0.1, 0.15) is 67.2 Å². The fourth-order valence-corrected chi connectivity index (χ4v) is 5.76. The number of Topliss-reactive ketones (excluding diaryl/α,β-unsaturated/α-hetero) is 1. The molecule has 2 aliphatic carbocycles. The Labute approximate surface area is 218 Å². The first-order valence-electron chi connectivity index (χ1n) is 13.1. The molecular formula is C26H41N5O6. The molecular weight excluding hydrogens is 478 g/mol. The van der Waals surface area contributed by atoms with Crippen LogP contribution in [0.5, 0.6) is 0 Å². The zero-order valence-electron chi connectivity index (χ0n) is 22.6. The Balaban J connectivity index is 1.83. The Morgan fingerprint density at radius 3 is 2.19 bits per heavy atom. The smallest absolute Gasteiger partial charge is 0.316 e. The van der Waals surface area contributed by atoms with Crippen molar-refractivity contribution in [2.24, 2.45) is 34.3 Å². The lowest BCUT2D eigenvalue weighted by atomic mass is 9.80. The molecule has 3 aliphatic rings. The number of likely N-dealkylation sites (tertiary alicyclic amines) is 1. The van der Waals surface area contributed by atoms with Crippen LogP contribution < -0.4 is 21.7 Å². The van der Waals surface area contributed by atoms with Crippen molar-refractivity contribution in [3.63, 3.8) is 0 Å². The molecule has 206 valence electrons. The summed E-state index contributed by atoms with van der Waals surface area (Å²) in [7, 11) is 0. The minimum absolute atomic E-state index is 0.0913. The van der Waals surface area contributed by atoms with Gasteiger partial charge in [0.25, 0.3) is 5.91 Å². The molecule has 3 fully saturated rings. The highest BCUT2D eigenvalue weighted by atomic mass is 16.2. The van der Waals surface area contributed by atoms with E-state index in [4.69, 9.17) is 5.73 Å². The highest BCUT2D eigenvalue weighted by Crippen LogP contribution is 2.65. The third kappa shape index (κ3) is 5.96. The molecule has 0 spiro atoms. The summed E-state index contributed by atoms with van der Waals surface area (Å²) in [6, 6.07) is -4.24. The highest BCUT2D eigenvalue weighted by Gasteiger charge is 2.69. The van der Waals surface area contributed by atoms with Crippen molar-refractivity contribution in [2.45, 2.75) is 91.4 Å². The van der Waals surface area contributed by atoms with E-state index in [9.17, 15) is 28.8 Å². The number of rotatable bonds is 10. The molecule has 0 aromatic heterocycles. The van der Waals surface area contributed by atoms with Gasteiger partial charge in [0.2, 0.25) is 17.6 Å². The average molecular weight is 520 g/mol. The van der Waals surface area contributed by atoms with Gasteiger partial charge in [-0.1, -0.05) is 53.9 Å². The molecule has 2 saturated carbocycles. The van der Waals surface area contributed by atoms with E-state index in [0.717, 1.165) is 19.3 Å². The summed E-state index contributed by atoms with van der Waals surface area (Å²) in [5, 5.41) is 7.90. The molecule has 1 heterocycles. The Morgan fingerprint density at radius 1 is 1.08 bits per heavy atom. The topological polar surface area (TPSA) is 168 Å². The number of aldehydes is 1. The molecule has 0 bridgehead atoms. The first-order chi connectivity index (χ1) is 17.1. The van der Waals surface area contributed by atoms with Gasteiger partial charge in [0, 0.05) is 6.54 Å². The van der Waals surface area contributed by atoms with E-state index < -0.39 is 59.1 Å². The number of amides is 5. The van der Waals surface area contributed by atoms with E-state index in [0.29, 0.717) is 19.3 Å². The van der Waals surface area contributed by atoms with Crippen molar-refractivity contribution in [3.05, 3.63) is 0 Å². The van der Waals surface area contributed by atoms with Crippen LogP contribution in [0, 0.1) is 28.6 Å². The number of carbonyl (C=O) groups is 6. The summed E-state index contributed by atoms with van der Waals surface area (Å²) in [6.07, 6.45) is 3.81. The number of ketones is 1. The molecule has 11 heteroatoms. The largest absolute Gasteiger partial charge is 0.363 e. The molecule has 5 N–H and O–H groups in total. The molecule has 5 amide bonds. The van der Waals surface area contributed by atoms with Crippen molar-refractivity contribution in [3.8, 4) is 0 Å². The van der Waals surface area contributed by atoms with E-state index in [2.05, 4.69) is 16.0 Å². The van der Waals surface area contributed by atoms with E-state index in [1.165, 1.54) is 11.8 Å². The van der Waals surface area contributed by atoms with Crippen molar-refractivity contribution in [1.82, 2.24) is 20.9 Å². The number of hydrogen-bond donors (Lipinski definition) is 4. The first kappa shape index (κ1) is 28.6. The molecule has 1 saturated heterocycles. The molecule has 37 heavy (non-hydrogen) atoms. The van der Waals surface area contributed by atoms with Gasteiger partial charge in [0.15, 0.2) is 0 Å². The molecule has 0 radical (unpaired) electrons. The minimum Gasteiger partial charge on any atom is -0.363 e. The van der Waals surface area contributed by atoms with Gasteiger partial charge >= 0.3 is 6.03 Å². The Hall–Kier alpha value is -2.98. The monoisotopic (exact) mass is 519 g/mol. The van der Waals surface area contributed by atoms with Gasteiger partial charge < -0.3 is 31.4 Å². The van der Waals surface area contributed by atoms with Crippen LogP contribution in [-0.4, -0.2) is 71.4 Å². The van der Waals surface area contributed by atoms with Crippen molar-refractivity contribution in [2.75, 3.05) is 6.54 Å². The molecule has 11 nitrogen and oxygen atoms in total. The van der Waals surface area contributed by atoms with Crippen LogP contribution in [0.15, 0.2) is 0 Å². The maximum atomic E-state index is 13.8. The number of nitrogens with one attached hydrogen (secondary N) is 3. The second-order valence-corrected chi connectivity index (χ2v) is 12.6. The summed E-state index contributed by atoms with van der Waals surface area (Å²) in [5.74, 6) is -2.62. The number of piperidine rings is 1. The predicted molar refractivity (Wildman–Crippen MR) is 135 cm³/mol. The van der Waals surface area contributed by atoms with Crippen LogP contribution in [-0.2, 0) is 24.0 Å². The van der Waals surface area contributed by atoms with E-state index >= 15 is 0 Å². The predicted octanol–water partition coefficient (Wildman–Crippen LogP) is 0.500. The zero-order valence-corrected chi connectivity index (χ0v) is 22.6. The average Bonchev–Trinajstić information content (AvgIpc) is 3.09. The number of urea groups is 1. The summed E-state index contributed by atoms with van der Waals surface area (Å²) in [5.41, 5.74) is 4.39. The third-order valence-electron chi connectivity index (χ3n) is 8.38. The van der Waals surface area contributed by atoms with Gasteiger partial charge in [0.05, 0.1) is 12.1 Å². The second-order valence-electron chi connectivity index (χ2n) is 12.6. The molecule has 3 rings (SSSR count). The maximum Gasteiger partial charge on any atom is 0.316 e. The number of nitrogens with zero attached hydrogens (tertiary/aromatic N) is 1. The summed E-state index contributed by atoms with van der Waals surface area (Å²) in [4.78, 5) is 76.6. The Morgan fingerprint density at radius 2 is 1.70 bits per heavy atom. The van der Waals surface area contributed by atoms with Gasteiger partial charge in [-0.25, -0.2) is 4.79 Å². The minimum atomic E-state index is -1.10. The first-order valence-corrected chi connectivity index (χ1v) is 13.1. The summed E-state index contributed by atoms with van der Waals surface area (Å²) < 4.78 is 0. The maximum absolute atomic E-state index is 13.8. The molecule has 0 aromatic rings.